The molecule has 2 rings (SSSR count). The number of nitrogens with zero attached hydrogens (tertiary/aromatic N) is 1. The van der Waals surface area contributed by atoms with Crippen LogP contribution in [0.2, 0.25) is 0 Å². The van der Waals surface area contributed by atoms with E-state index in [-0.39, 0.29) is 24.9 Å². The van der Waals surface area contributed by atoms with Gasteiger partial charge in [0.05, 0.1) is 16.1 Å². The van der Waals surface area contributed by atoms with Gasteiger partial charge in [-0.1, -0.05) is 13.0 Å². The summed E-state index contributed by atoms with van der Waals surface area (Å²) in [6.07, 6.45) is 0.515. The number of benzene rings is 2. The van der Waals surface area contributed by atoms with Crippen LogP contribution < -0.4 is 9.47 Å². The molecule has 8 nitrogen and oxygen atoms in total. The van der Waals surface area contributed by atoms with Crippen molar-refractivity contribution in [3.05, 3.63) is 63.0 Å². The number of carbonyl (C=O) groups is 1. The third-order valence-corrected chi connectivity index (χ3v) is 3.87. The Bertz CT molecular complexity index is 870. The Morgan fingerprint density at radius 1 is 1.07 bits per heavy atom. The fourth-order valence-electron chi connectivity index (χ4n) is 2.54. The highest BCUT2D eigenvalue weighted by Crippen LogP contribution is 2.33. The van der Waals surface area contributed by atoms with E-state index in [1.54, 1.807) is 0 Å². The smallest absolute Gasteiger partial charge is 0.305 e. The molecule has 0 radical (unpaired) electrons. The number of aryl methyl sites for hydroxylation is 1. The largest absolute Gasteiger partial charge is 0.467 e. The molecule has 0 aliphatic rings. The fourth-order valence-corrected chi connectivity index (χ4v) is 2.54. The topological polar surface area (TPSA) is 97.1 Å². The van der Waals surface area contributed by atoms with Crippen LogP contribution in [-0.2, 0) is 15.9 Å². The summed E-state index contributed by atoms with van der Waals surface area (Å²) in [5, 5.41) is 11.0. The summed E-state index contributed by atoms with van der Waals surface area (Å²) in [5.41, 5.74) is -0.501. The van der Waals surface area contributed by atoms with Crippen LogP contribution in [0.25, 0.3) is 0 Å². The lowest BCUT2D eigenvalue weighted by molar-refractivity contribution is -0.387. The number of ether oxygens (including phenoxy) is 4. The lowest BCUT2D eigenvalue weighted by Crippen LogP contribution is -2.12. The predicted octanol–water partition coefficient (Wildman–Crippen LogP) is 3.49. The van der Waals surface area contributed by atoms with Gasteiger partial charge in [0.2, 0.25) is 5.82 Å². The van der Waals surface area contributed by atoms with Crippen molar-refractivity contribution in [2.24, 2.45) is 0 Å². The van der Waals surface area contributed by atoms with Crippen LogP contribution in [0.4, 0.5) is 10.1 Å². The summed E-state index contributed by atoms with van der Waals surface area (Å²) < 4.78 is 35.2. The van der Waals surface area contributed by atoms with Gasteiger partial charge in [-0.3, -0.25) is 14.9 Å². The second kappa shape index (κ2) is 9.77. The number of ketones is 1. The molecule has 0 aliphatic heterocycles. The molecule has 0 amide bonds. The van der Waals surface area contributed by atoms with Gasteiger partial charge in [0.25, 0.3) is 0 Å². The molecule has 0 heterocycles. The number of rotatable bonds is 10. The van der Waals surface area contributed by atoms with Gasteiger partial charge in [-0.25, -0.2) is 0 Å². The van der Waals surface area contributed by atoms with Gasteiger partial charge in [-0.2, -0.15) is 4.39 Å². The van der Waals surface area contributed by atoms with Crippen molar-refractivity contribution in [3.8, 4) is 11.5 Å². The third-order valence-electron chi connectivity index (χ3n) is 3.87. The van der Waals surface area contributed by atoms with Gasteiger partial charge in [0.1, 0.15) is 11.5 Å². The van der Waals surface area contributed by atoms with E-state index < -0.39 is 27.8 Å². The van der Waals surface area contributed by atoms with Crippen LogP contribution in [0.5, 0.6) is 11.5 Å². The highest BCUT2D eigenvalue weighted by atomic mass is 19.1. The highest BCUT2D eigenvalue weighted by Gasteiger charge is 2.26. The first-order valence-electron chi connectivity index (χ1n) is 8.32. The SMILES string of the molecule is CCc1cc(C(=O)c2cccc([N+](=O)[O-])c2F)c(OCOC)cc1OCOC. The van der Waals surface area contributed by atoms with Gasteiger partial charge in [0.15, 0.2) is 19.4 Å². The van der Waals surface area contributed by atoms with E-state index >= 15 is 0 Å². The Balaban J connectivity index is 2.57. The molecule has 0 bridgehead atoms. The van der Waals surface area contributed by atoms with E-state index in [0.29, 0.717) is 17.7 Å². The maximum atomic E-state index is 14.5. The van der Waals surface area contributed by atoms with Gasteiger partial charge < -0.3 is 18.9 Å². The Morgan fingerprint density at radius 2 is 1.71 bits per heavy atom. The number of hydrogen-bond donors (Lipinski definition) is 0. The Hall–Kier alpha value is -3.04. The molecule has 2 aromatic carbocycles. The molecule has 28 heavy (non-hydrogen) atoms. The van der Waals surface area contributed by atoms with Crippen LogP contribution in [0, 0.1) is 15.9 Å². The summed E-state index contributed by atoms with van der Waals surface area (Å²) in [7, 11) is 2.88. The van der Waals surface area contributed by atoms with Crippen molar-refractivity contribution in [2.45, 2.75) is 13.3 Å². The monoisotopic (exact) mass is 393 g/mol. The van der Waals surface area contributed by atoms with Crippen LogP contribution in [-0.4, -0.2) is 38.5 Å². The lowest BCUT2D eigenvalue weighted by Gasteiger charge is -2.16. The number of nitro groups is 1. The maximum Gasteiger partial charge on any atom is 0.305 e. The van der Waals surface area contributed by atoms with Crippen molar-refractivity contribution in [3.63, 3.8) is 0 Å². The Kier molecular flexibility index (Phi) is 7.42. The van der Waals surface area contributed by atoms with Crippen molar-refractivity contribution in [1.82, 2.24) is 0 Å². The predicted molar refractivity (Wildman–Crippen MR) is 97.3 cm³/mol. The van der Waals surface area contributed by atoms with Crippen molar-refractivity contribution in [1.29, 1.82) is 0 Å². The molecule has 0 saturated heterocycles. The second-order valence-corrected chi connectivity index (χ2v) is 5.64. The highest BCUT2D eigenvalue weighted by molar-refractivity contribution is 6.11. The number of nitro benzene ring substituents is 1. The molecule has 0 N–H and O–H groups in total. The zero-order valence-electron chi connectivity index (χ0n) is 15.7. The summed E-state index contributed by atoms with van der Waals surface area (Å²) >= 11 is 0. The van der Waals surface area contributed by atoms with Crippen LogP contribution in [0.15, 0.2) is 30.3 Å². The van der Waals surface area contributed by atoms with E-state index in [1.165, 1.54) is 38.5 Å². The fraction of sp³-hybridized carbons (Fsp3) is 0.316. The van der Waals surface area contributed by atoms with Crippen LogP contribution in [0.1, 0.15) is 28.4 Å². The van der Waals surface area contributed by atoms with E-state index in [0.717, 1.165) is 6.07 Å². The number of hydrogen-bond acceptors (Lipinski definition) is 7. The molecule has 0 fully saturated rings. The zero-order chi connectivity index (χ0) is 20.7. The molecule has 0 aromatic heterocycles. The molecule has 2 aromatic rings. The standard InChI is InChI=1S/C19H20FNO7/c1-4-12-8-14(17(28-11-26-3)9-16(12)27-10-25-2)19(22)13-6-5-7-15(18(13)20)21(23)24/h5-9H,4,10-11H2,1-3H3. The molecule has 150 valence electrons. The average molecular weight is 393 g/mol. The molecule has 0 spiro atoms. The normalized spacial score (nSPS) is 10.6. The second-order valence-electron chi connectivity index (χ2n) is 5.64. The van der Waals surface area contributed by atoms with Gasteiger partial charge in [-0.15, -0.1) is 0 Å². The lowest BCUT2D eigenvalue weighted by atomic mass is 9.98. The molecular weight excluding hydrogens is 373 g/mol. The quantitative estimate of drug-likeness (QED) is 0.264. The molecule has 0 saturated carbocycles. The summed E-state index contributed by atoms with van der Waals surface area (Å²) in [5.74, 6) is -1.42. The van der Waals surface area contributed by atoms with Crippen molar-refractivity contribution < 1.29 is 33.1 Å². The van der Waals surface area contributed by atoms with E-state index in [4.69, 9.17) is 18.9 Å². The van der Waals surface area contributed by atoms with Crippen molar-refractivity contribution in [2.75, 3.05) is 27.8 Å². The first kappa shape index (κ1) is 21.3. The summed E-state index contributed by atoms with van der Waals surface area (Å²) in [4.78, 5) is 23.1. The molecular formula is C19H20FNO7. The van der Waals surface area contributed by atoms with E-state index in [9.17, 15) is 19.3 Å². The molecule has 0 unspecified atom stereocenters. The van der Waals surface area contributed by atoms with E-state index in [2.05, 4.69) is 0 Å². The van der Waals surface area contributed by atoms with Crippen LogP contribution in [0.3, 0.4) is 0 Å². The molecule has 0 aliphatic carbocycles. The van der Waals surface area contributed by atoms with Crippen molar-refractivity contribution >= 4 is 11.5 Å². The minimum atomic E-state index is -1.20. The minimum Gasteiger partial charge on any atom is -0.467 e. The maximum absolute atomic E-state index is 14.5. The summed E-state index contributed by atoms with van der Waals surface area (Å²) in [6.45, 7) is 1.68. The van der Waals surface area contributed by atoms with Gasteiger partial charge in [0, 0.05) is 26.4 Å². The molecule has 9 heteroatoms. The molecule has 0 atom stereocenters. The average Bonchev–Trinajstić information content (AvgIpc) is 2.69. The van der Waals surface area contributed by atoms with E-state index in [1.807, 2.05) is 6.92 Å². The Labute approximate surface area is 160 Å². The van der Waals surface area contributed by atoms with Gasteiger partial charge in [-0.05, 0) is 24.1 Å². The first-order chi connectivity index (χ1) is 13.4. The Morgan fingerprint density at radius 3 is 2.29 bits per heavy atom. The van der Waals surface area contributed by atoms with Gasteiger partial charge >= 0.3 is 5.69 Å². The summed E-state index contributed by atoms with van der Waals surface area (Å²) in [6, 6.07) is 6.43. The first-order valence-corrected chi connectivity index (χ1v) is 8.32. The third kappa shape index (κ3) is 4.62. The number of halogens is 1. The number of methoxy groups -OCH3 is 2. The minimum absolute atomic E-state index is 0.0104. The number of carbonyl (C=O) groups excluding carboxylic acids is 1. The zero-order valence-corrected chi connectivity index (χ0v) is 15.7. The van der Waals surface area contributed by atoms with Crippen LogP contribution >= 0.6 is 0 Å².